The van der Waals surface area contributed by atoms with E-state index in [9.17, 15) is 9.59 Å². The summed E-state index contributed by atoms with van der Waals surface area (Å²) in [6, 6.07) is 0. The first-order valence-electron chi connectivity index (χ1n) is 7.03. The summed E-state index contributed by atoms with van der Waals surface area (Å²) in [6.07, 6.45) is 1.69. The third-order valence-electron chi connectivity index (χ3n) is 1.66. The number of aliphatic hydroxyl groups excluding tert-OH is 4. The van der Waals surface area contributed by atoms with Crippen LogP contribution in [0.2, 0.25) is 0 Å². The molecule has 1 unspecified atom stereocenters. The van der Waals surface area contributed by atoms with Crippen LogP contribution in [-0.4, -0.2) is 77.9 Å². The van der Waals surface area contributed by atoms with Crippen molar-refractivity contribution < 1.29 is 39.5 Å². The smallest absolute Gasteiger partial charge is 0.306 e. The molecule has 1 heterocycles. The summed E-state index contributed by atoms with van der Waals surface area (Å²) >= 11 is 0. The number of cyclic esters (lactones) is 1. The minimum Gasteiger partial charge on any atom is -0.463 e. The fourth-order valence-electron chi connectivity index (χ4n) is 0.895. The van der Waals surface area contributed by atoms with Crippen molar-refractivity contribution >= 4 is 11.8 Å². The molecule has 0 amide bonds. The average molecular weight is 326 g/mol. The van der Waals surface area contributed by atoms with Gasteiger partial charge in [0.15, 0.2) is 0 Å². The largest absolute Gasteiger partial charge is 0.463 e. The minimum atomic E-state index is -0.125. The molecule has 0 bridgehead atoms. The second-order valence-corrected chi connectivity index (χ2v) is 4.25. The molecule has 1 saturated heterocycles. The van der Waals surface area contributed by atoms with E-state index < -0.39 is 0 Å². The van der Waals surface area contributed by atoms with Gasteiger partial charge in [-0.05, 0) is 27.2 Å². The lowest BCUT2D eigenvalue weighted by Crippen LogP contribution is -2.03. The zero-order valence-corrected chi connectivity index (χ0v) is 13.7. The van der Waals surface area contributed by atoms with Crippen LogP contribution in [0.3, 0.4) is 0 Å². The van der Waals surface area contributed by atoms with Gasteiger partial charge in [0.1, 0.15) is 5.78 Å². The predicted octanol–water partition coefficient (Wildman–Crippen LogP) is -0.734. The van der Waals surface area contributed by atoms with Crippen molar-refractivity contribution in [3.8, 4) is 0 Å². The van der Waals surface area contributed by atoms with E-state index in [-0.39, 0.29) is 44.3 Å². The number of esters is 1. The Morgan fingerprint density at radius 1 is 1.09 bits per heavy atom. The fraction of sp³-hybridized carbons (Fsp3) is 0.857. The summed E-state index contributed by atoms with van der Waals surface area (Å²) in [7, 11) is 0. The van der Waals surface area contributed by atoms with E-state index in [0.717, 1.165) is 6.42 Å². The molecule has 8 heteroatoms. The zero-order chi connectivity index (χ0) is 17.8. The molecule has 0 spiro atoms. The number of rotatable bonds is 5. The Morgan fingerprint density at radius 3 is 1.64 bits per heavy atom. The zero-order valence-electron chi connectivity index (χ0n) is 13.7. The Morgan fingerprint density at radius 2 is 1.50 bits per heavy atom. The van der Waals surface area contributed by atoms with Crippen molar-refractivity contribution in [2.75, 3.05) is 39.6 Å². The molecule has 0 aromatic rings. The van der Waals surface area contributed by atoms with E-state index in [2.05, 4.69) is 4.74 Å². The van der Waals surface area contributed by atoms with Crippen molar-refractivity contribution in [1.29, 1.82) is 0 Å². The summed E-state index contributed by atoms with van der Waals surface area (Å²) < 4.78 is 9.35. The van der Waals surface area contributed by atoms with Crippen LogP contribution in [-0.2, 0) is 19.1 Å². The lowest BCUT2D eigenvalue weighted by atomic mass is 10.3. The number of carbonyl (C=O) groups excluding carboxylic acids is 2. The SMILES string of the molecule is CC(C)=O.CC1CCC(=O)O1.OCCO.OCCOCCO. The lowest BCUT2D eigenvalue weighted by Gasteiger charge is -1.95. The Labute approximate surface area is 131 Å². The van der Waals surface area contributed by atoms with Crippen molar-refractivity contribution in [3.05, 3.63) is 0 Å². The van der Waals surface area contributed by atoms with Crippen molar-refractivity contribution in [1.82, 2.24) is 0 Å². The van der Waals surface area contributed by atoms with E-state index in [1.807, 2.05) is 6.92 Å². The van der Waals surface area contributed by atoms with Crippen LogP contribution >= 0.6 is 0 Å². The molecule has 0 radical (unpaired) electrons. The van der Waals surface area contributed by atoms with E-state index in [0.29, 0.717) is 19.6 Å². The van der Waals surface area contributed by atoms with Gasteiger partial charge in [-0.25, -0.2) is 0 Å². The number of ether oxygens (including phenoxy) is 2. The molecule has 1 aliphatic rings. The Bertz CT molecular complexity index is 235. The Kier molecular flexibility index (Phi) is 26.1. The van der Waals surface area contributed by atoms with Crippen molar-refractivity contribution in [2.24, 2.45) is 0 Å². The third-order valence-corrected chi connectivity index (χ3v) is 1.66. The highest BCUT2D eigenvalue weighted by Gasteiger charge is 2.17. The van der Waals surface area contributed by atoms with Gasteiger partial charge in [0, 0.05) is 6.42 Å². The topological polar surface area (TPSA) is 134 Å². The molecule has 0 saturated carbocycles. The van der Waals surface area contributed by atoms with Crippen LogP contribution < -0.4 is 0 Å². The number of Topliss-reactive ketones (excluding diaryl/α,β-unsaturated/α-hetero) is 1. The number of aliphatic hydroxyl groups is 4. The van der Waals surface area contributed by atoms with Gasteiger partial charge in [-0.2, -0.15) is 0 Å². The van der Waals surface area contributed by atoms with Crippen LogP contribution in [0.4, 0.5) is 0 Å². The maximum atomic E-state index is 10.2. The molecule has 4 N–H and O–H groups in total. The number of hydrogen-bond donors (Lipinski definition) is 4. The fourth-order valence-corrected chi connectivity index (χ4v) is 0.895. The van der Waals surface area contributed by atoms with E-state index >= 15 is 0 Å². The molecule has 1 aliphatic heterocycles. The van der Waals surface area contributed by atoms with E-state index in [4.69, 9.17) is 25.2 Å². The highest BCUT2D eigenvalue weighted by molar-refractivity contribution is 5.72. The molecule has 1 atom stereocenters. The summed E-state index contributed by atoms with van der Waals surface area (Å²) in [5, 5.41) is 31.4. The maximum Gasteiger partial charge on any atom is 0.306 e. The minimum absolute atomic E-state index is 0.0278. The maximum absolute atomic E-state index is 10.2. The van der Waals surface area contributed by atoms with Gasteiger partial charge in [0.25, 0.3) is 0 Å². The molecule has 0 aliphatic carbocycles. The lowest BCUT2D eigenvalue weighted by molar-refractivity contribution is -0.140. The molecular formula is C14H30O8. The van der Waals surface area contributed by atoms with Gasteiger partial charge >= 0.3 is 5.97 Å². The van der Waals surface area contributed by atoms with Crippen molar-refractivity contribution in [3.63, 3.8) is 0 Å². The molecule has 1 rings (SSSR count). The monoisotopic (exact) mass is 326 g/mol. The number of hydrogen-bond acceptors (Lipinski definition) is 8. The first-order chi connectivity index (χ1) is 10.3. The van der Waals surface area contributed by atoms with Crippen LogP contribution in [0.15, 0.2) is 0 Å². The van der Waals surface area contributed by atoms with E-state index in [1.54, 1.807) is 0 Å². The molecule has 0 aromatic heterocycles. The second kappa shape index (κ2) is 22.2. The van der Waals surface area contributed by atoms with Gasteiger partial charge in [-0.15, -0.1) is 0 Å². The van der Waals surface area contributed by atoms with Gasteiger partial charge in [0.05, 0.1) is 45.7 Å². The van der Waals surface area contributed by atoms with E-state index in [1.165, 1.54) is 13.8 Å². The van der Waals surface area contributed by atoms with Crippen LogP contribution in [0.1, 0.15) is 33.6 Å². The summed E-state index contributed by atoms with van der Waals surface area (Å²) in [5.74, 6) is 0.118. The number of carbonyl (C=O) groups is 2. The molecule has 1 fully saturated rings. The average Bonchev–Trinajstić information content (AvgIpc) is 2.83. The first kappa shape index (κ1) is 25.9. The van der Waals surface area contributed by atoms with Gasteiger partial charge in [-0.1, -0.05) is 0 Å². The standard InChI is InChI=1S/C5H8O2.C4H10O3.C3H6O.C2H6O2/c1-4-2-3-5(6)7-4;5-1-3-7-4-2-6;1-3(2)4;3-1-2-4/h4H,2-3H2,1H3;5-6H,1-4H2;1-2H3;3-4H,1-2H2. The highest BCUT2D eigenvalue weighted by Crippen LogP contribution is 2.11. The summed E-state index contributed by atoms with van der Waals surface area (Å²) in [5.41, 5.74) is 0. The molecule has 134 valence electrons. The molecule has 8 nitrogen and oxygen atoms in total. The summed E-state index contributed by atoms with van der Waals surface area (Å²) in [6.45, 7) is 5.41. The molecule has 0 aromatic carbocycles. The van der Waals surface area contributed by atoms with Gasteiger partial charge < -0.3 is 34.7 Å². The predicted molar refractivity (Wildman–Crippen MR) is 80.3 cm³/mol. The number of ketones is 1. The van der Waals surface area contributed by atoms with Crippen LogP contribution in [0.25, 0.3) is 0 Å². The van der Waals surface area contributed by atoms with Crippen molar-refractivity contribution in [2.45, 2.75) is 39.7 Å². The Hall–Kier alpha value is -1.06. The third kappa shape index (κ3) is 36.4. The second-order valence-electron chi connectivity index (χ2n) is 4.25. The molecular weight excluding hydrogens is 296 g/mol. The Balaban J connectivity index is -0.000000228. The first-order valence-corrected chi connectivity index (χ1v) is 7.03. The summed E-state index contributed by atoms with van der Waals surface area (Å²) in [4.78, 5) is 19.7. The normalized spacial score (nSPS) is 15.2. The van der Waals surface area contributed by atoms with Crippen LogP contribution in [0, 0.1) is 0 Å². The highest BCUT2D eigenvalue weighted by atomic mass is 16.5. The van der Waals surface area contributed by atoms with Crippen LogP contribution in [0.5, 0.6) is 0 Å². The quantitative estimate of drug-likeness (QED) is 0.384. The van der Waals surface area contributed by atoms with Gasteiger partial charge in [0.2, 0.25) is 0 Å². The molecule has 22 heavy (non-hydrogen) atoms. The van der Waals surface area contributed by atoms with Gasteiger partial charge in [-0.3, -0.25) is 4.79 Å².